The molecule has 132 valence electrons. The van der Waals surface area contributed by atoms with Crippen LogP contribution in [0.3, 0.4) is 0 Å². The highest BCUT2D eigenvalue weighted by Gasteiger charge is 2.38. The van der Waals surface area contributed by atoms with Crippen LogP contribution in [0.1, 0.15) is 33.8 Å². The number of hydrogen-bond acceptors (Lipinski definition) is 5. The summed E-state index contributed by atoms with van der Waals surface area (Å²) in [6.45, 7) is 5.70. The molecule has 2 bridgehead atoms. The van der Waals surface area contributed by atoms with Gasteiger partial charge in [-0.2, -0.15) is 0 Å². The molecule has 2 aromatic rings. The minimum atomic E-state index is 0.114. The van der Waals surface area contributed by atoms with Crippen LogP contribution in [0.25, 0.3) is 0 Å². The fraction of sp³-hybridized carbons (Fsp3) is 0.474. The van der Waals surface area contributed by atoms with Crippen molar-refractivity contribution >= 4 is 22.4 Å². The Hall–Kier alpha value is -1.92. The van der Waals surface area contributed by atoms with E-state index >= 15 is 0 Å². The molecule has 3 aliphatic heterocycles. The second-order valence-corrected chi connectivity index (χ2v) is 8.23. The third-order valence-electron chi connectivity index (χ3n) is 5.31. The Morgan fingerprint density at radius 2 is 2.04 bits per heavy atom. The number of aryl methyl sites for hydroxylation is 1. The number of piperidine rings is 1. The maximum Gasteiger partial charge on any atom is 0.266 e. The van der Waals surface area contributed by atoms with Gasteiger partial charge in [0.15, 0.2) is 5.13 Å². The summed E-state index contributed by atoms with van der Waals surface area (Å²) in [6.07, 6.45) is 2.30. The highest BCUT2D eigenvalue weighted by Crippen LogP contribution is 2.31. The van der Waals surface area contributed by atoms with E-state index in [1.54, 1.807) is 0 Å². The summed E-state index contributed by atoms with van der Waals surface area (Å²) in [7, 11) is 0. The number of nitrogens with zero attached hydrogens (tertiary/aromatic N) is 3. The third-order valence-corrected chi connectivity index (χ3v) is 6.28. The summed E-state index contributed by atoms with van der Waals surface area (Å²) in [5, 5.41) is 0.478. The number of carbonyl (C=O) groups excluding carboxylic acids is 1. The maximum absolute atomic E-state index is 13.1. The average Bonchev–Trinajstić information content (AvgIpc) is 2.76. The van der Waals surface area contributed by atoms with Gasteiger partial charge in [-0.05, 0) is 31.2 Å². The Labute approximate surface area is 152 Å². The number of benzene rings is 1. The van der Waals surface area contributed by atoms with E-state index < -0.39 is 0 Å². The molecular formula is C19H24N4OS. The molecule has 6 heteroatoms. The zero-order chi connectivity index (χ0) is 17.4. The smallest absolute Gasteiger partial charge is 0.266 e. The zero-order valence-corrected chi connectivity index (χ0v) is 15.3. The number of hydrogen-bond donors (Lipinski definition) is 1. The first kappa shape index (κ1) is 16.5. The van der Waals surface area contributed by atoms with Crippen LogP contribution in [0.2, 0.25) is 0 Å². The lowest BCUT2D eigenvalue weighted by atomic mass is 9.95. The molecule has 0 unspecified atom stereocenters. The lowest BCUT2D eigenvalue weighted by Gasteiger charge is -2.36. The van der Waals surface area contributed by atoms with E-state index in [0.717, 1.165) is 38.3 Å². The Morgan fingerprint density at radius 1 is 1.24 bits per heavy atom. The van der Waals surface area contributed by atoms with Crippen LogP contribution in [-0.4, -0.2) is 46.4 Å². The molecule has 3 aliphatic rings. The van der Waals surface area contributed by atoms with Crippen molar-refractivity contribution in [2.45, 2.75) is 32.4 Å². The molecule has 5 rings (SSSR count). The SMILES string of the molecule is Cc1nc(N)sc1C(=O)N1C[C@H]2CC[C@@H]1CN(Cc1ccccc1)C2. The lowest BCUT2D eigenvalue weighted by molar-refractivity contribution is 0.0589. The van der Waals surface area contributed by atoms with Crippen LogP contribution < -0.4 is 5.73 Å². The van der Waals surface area contributed by atoms with E-state index in [-0.39, 0.29) is 11.9 Å². The lowest BCUT2D eigenvalue weighted by Crippen LogP contribution is -2.47. The van der Waals surface area contributed by atoms with Crippen molar-refractivity contribution in [3.8, 4) is 0 Å². The Bertz CT molecular complexity index is 760. The van der Waals surface area contributed by atoms with Crippen LogP contribution >= 0.6 is 11.3 Å². The molecule has 5 nitrogen and oxygen atoms in total. The third kappa shape index (κ3) is 3.41. The van der Waals surface area contributed by atoms with Gasteiger partial charge in [0.1, 0.15) is 4.88 Å². The van der Waals surface area contributed by atoms with Crippen molar-refractivity contribution < 1.29 is 4.79 Å². The number of fused-ring (bicyclic) bond motifs is 4. The summed E-state index contributed by atoms with van der Waals surface area (Å²) in [4.78, 5) is 22.6. The Balaban J connectivity index is 1.51. The van der Waals surface area contributed by atoms with Gasteiger partial charge in [-0.15, -0.1) is 0 Å². The summed E-state index contributed by atoms with van der Waals surface area (Å²) < 4.78 is 0. The van der Waals surface area contributed by atoms with E-state index in [4.69, 9.17) is 5.73 Å². The largest absolute Gasteiger partial charge is 0.375 e. The quantitative estimate of drug-likeness (QED) is 0.919. The first-order chi connectivity index (χ1) is 12.1. The predicted molar refractivity (Wildman–Crippen MR) is 101 cm³/mol. The summed E-state index contributed by atoms with van der Waals surface area (Å²) >= 11 is 1.32. The number of carbonyl (C=O) groups is 1. The number of thiazole rings is 1. The second kappa shape index (κ2) is 6.77. The van der Waals surface area contributed by atoms with Crippen LogP contribution in [-0.2, 0) is 6.54 Å². The first-order valence-electron chi connectivity index (χ1n) is 8.90. The van der Waals surface area contributed by atoms with Gasteiger partial charge in [0.05, 0.1) is 5.69 Å². The monoisotopic (exact) mass is 356 g/mol. The van der Waals surface area contributed by atoms with Gasteiger partial charge >= 0.3 is 0 Å². The van der Waals surface area contributed by atoms with E-state index in [1.165, 1.54) is 23.3 Å². The molecule has 0 radical (unpaired) electrons. The highest BCUT2D eigenvalue weighted by molar-refractivity contribution is 7.17. The Kier molecular flexibility index (Phi) is 4.48. The van der Waals surface area contributed by atoms with Crippen molar-refractivity contribution in [1.29, 1.82) is 0 Å². The van der Waals surface area contributed by atoms with E-state index in [2.05, 4.69) is 45.1 Å². The molecule has 4 heterocycles. The molecule has 3 saturated heterocycles. The molecule has 0 spiro atoms. The van der Waals surface area contributed by atoms with Gasteiger partial charge in [-0.1, -0.05) is 41.7 Å². The van der Waals surface area contributed by atoms with E-state index in [9.17, 15) is 4.79 Å². The van der Waals surface area contributed by atoms with Crippen molar-refractivity contribution in [3.05, 3.63) is 46.5 Å². The molecule has 0 aliphatic carbocycles. The summed E-state index contributed by atoms with van der Waals surface area (Å²) in [5.74, 6) is 0.667. The normalized spacial score (nSPS) is 23.6. The van der Waals surface area contributed by atoms with Gasteiger partial charge in [0, 0.05) is 32.2 Å². The van der Waals surface area contributed by atoms with Crippen molar-refractivity contribution in [2.24, 2.45) is 5.92 Å². The molecule has 25 heavy (non-hydrogen) atoms. The zero-order valence-electron chi connectivity index (χ0n) is 14.5. The molecule has 1 aromatic carbocycles. The average molecular weight is 356 g/mol. The van der Waals surface area contributed by atoms with Crippen molar-refractivity contribution in [1.82, 2.24) is 14.8 Å². The van der Waals surface area contributed by atoms with Crippen LogP contribution in [0, 0.1) is 12.8 Å². The minimum absolute atomic E-state index is 0.114. The van der Waals surface area contributed by atoms with Crippen molar-refractivity contribution in [3.63, 3.8) is 0 Å². The number of rotatable bonds is 3. The molecule has 3 fully saturated rings. The van der Waals surface area contributed by atoms with E-state index in [1.807, 2.05) is 6.92 Å². The topological polar surface area (TPSA) is 62.5 Å². The maximum atomic E-state index is 13.1. The van der Waals surface area contributed by atoms with Gasteiger partial charge in [-0.3, -0.25) is 9.69 Å². The van der Waals surface area contributed by atoms with Gasteiger partial charge in [-0.25, -0.2) is 4.98 Å². The van der Waals surface area contributed by atoms with Gasteiger partial charge in [0.2, 0.25) is 0 Å². The second-order valence-electron chi connectivity index (χ2n) is 7.20. The molecule has 1 amide bonds. The fourth-order valence-corrected chi connectivity index (χ4v) is 4.93. The van der Waals surface area contributed by atoms with Crippen LogP contribution in [0.5, 0.6) is 0 Å². The highest BCUT2D eigenvalue weighted by atomic mass is 32.1. The molecular weight excluding hydrogens is 332 g/mol. The molecule has 2 N–H and O–H groups in total. The number of nitrogens with two attached hydrogens (primary N) is 1. The molecule has 2 atom stereocenters. The molecule has 0 saturated carbocycles. The predicted octanol–water partition coefficient (Wildman–Crippen LogP) is 2.77. The summed E-state index contributed by atoms with van der Waals surface area (Å²) in [5.41, 5.74) is 7.89. The minimum Gasteiger partial charge on any atom is -0.375 e. The number of anilines is 1. The number of nitrogen functional groups attached to an aromatic ring is 1. The molecule has 1 aromatic heterocycles. The van der Waals surface area contributed by atoms with Crippen LogP contribution in [0.15, 0.2) is 30.3 Å². The fourth-order valence-electron chi connectivity index (χ4n) is 4.14. The van der Waals surface area contributed by atoms with E-state index in [0.29, 0.717) is 15.9 Å². The standard InChI is InChI=1S/C19H24N4OS/c1-13-17(25-19(20)21-13)18(24)23-11-15-7-8-16(23)12-22(10-15)9-14-5-3-2-4-6-14/h2-6,15-16H,7-12H2,1H3,(H2,20,21)/t15-,16+/m0/s1. The number of aromatic nitrogens is 1. The number of amides is 1. The summed E-state index contributed by atoms with van der Waals surface area (Å²) in [6, 6.07) is 10.9. The van der Waals surface area contributed by atoms with Crippen LogP contribution in [0.4, 0.5) is 5.13 Å². The van der Waals surface area contributed by atoms with Crippen molar-refractivity contribution in [2.75, 3.05) is 25.4 Å². The first-order valence-corrected chi connectivity index (χ1v) is 9.72. The van der Waals surface area contributed by atoms with Gasteiger partial charge < -0.3 is 10.6 Å². The Morgan fingerprint density at radius 3 is 2.76 bits per heavy atom. The van der Waals surface area contributed by atoms with Gasteiger partial charge in [0.25, 0.3) is 5.91 Å².